The first-order valence-corrected chi connectivity index (χ1v) is 6.97. The van der Waals surface area contributed by atoms with Crippen molar-refractivity contribution in [1.82, 2.24) is 0 Å². The van der Waals surface area contributed by atoms with Crippen LogP contribution in [0.15, 0.2) is 42.7 Å². The van der Waals surface area contributed by atoms with Crippen LogP contribution in [0.25, 0.3) is 0 Å². The Labute approximate surface area is 130 Å². The van der Waals surface area contributed by atoms with E-state index in [-0.39, 0.29) is 12.3 Å². The number of benzene rings is 1. The minimum atomic E-state index is -0.0119. The smallest absolute Gasteiger partial charge is 0.231 e. The third-order valence-electron chi connectivity index (χ3n) is 3.43. The molecule has 22 heavy (non-hydrogen) atoms. The van der Waals surface area contributed by atoms with Crippen molar-refractivity contribution >= 4 is 11.5 Å². The maximum Gasteiger partial charge on any atom is 0.231 e. The van der Waals surface area contributed by atoms with Gasteiger partial charge >= 0.3 is 0 Å². The molecule has 0 saturated heterocycles. The van der Waals surface area contributed by atoms with Crippen LogP contribution >= 0.6 is 0 Å². The zero-order chi connectivity index (χ0) is 16.1. The molecule has 1 aromatic carbocycles. The third kappa shape index (κ3) is 3.55. The maximum absolute atomic E-state index is 12.5. The van der Waals surface area contributed by atoms with Crippen molar-refractivity contribution in [3.63, 3.8) is 0 Å². The van der Waals surface area contributed by atoms with Gasteiger partial charge < -0.3 is 14.4 Å². The fraction of sp³-hybridized carbons (Fsp3) is 0.294. The summed E-state index contributed by atoms with van der Waals surface area (Å²) in [5.74, 6) is 1.17. The lowest BCUT2D eigenvalue weighted by atomic mass is 10.1. The van der Waals surface area contributed by atoms with Crippen molar-refractivity contribution in [2.75, 3.05) is 33.2 Å². The van der Waals surface area contributed by atoms with Crippen molar-refractivity contribution in [3.05, 3.63) is 48.3 Å². The van der Waals surface area contributed by atoms with Crippen LogP contribution in [0.2, 0.25) is 0 Å². The molecule has 0 bridgehead atoms. The van der Waals surface area contributed by atoms with Crippen LogP contribution in [0.5, 0.6) is 11.5 Å². The van der Waals surface area contributed by atoms with Crippen LogP contribution in [0, 0.1) is 0 Å². The molecule has 2 rings (SSSR count). The number of ketones is 1. The van der Waals surface area contributed by atoms with E-state index in [2.05, 4.69) is 0 Å². The van der Waals surface area contributed by atoms with E-state index in [0.717, 1.165) is 5.69 Å². The topological polar surface area (TPSA) is 42.7 Å². The lowest BCUT2D eigenvalue weighted by Crippen LogP contribution is -2.37. The maximum atomic E-state index is 12.5. The molecule has 116 valence electrons. The normalized spacial score (nSPS) is 10.2. The van der Waals surface area contributed by atoms with Crippen molar-refractivity contribution in [3.8, 4) is 11.5 Å². The van der Waals surface area contributed by atoms with Gasteiger partial charge in [-0.05, 0) is 12.1 Å². The summed E-state index contributed by atoms with van der Waals surface area (Å²) in [6.07, 6.45) is 3.78. The summed E-state index contributed by atoms with van der Waals surface area (Å²) in [6.45, 7) is 0.260. The number of aromatic nitrogens is 1. The Morgan fingerprint density at radius 2 is 1.77 bits per heavy atom. The summed E-state index contributed by atoms with van der Waals surface area (Å²) in [5, 5.41) is 0. The summed E-state index contributed by atoms with van der Waals surface area (Å²) in [5.41, 5.74) is 1.64. The molecule has 0 aliphatic rings. The van der Waals surface area contributed by atoms with Crippen LogP contribution in [0.4, 0.5) is 5.69 Å². The quantitative estimate of drug-likeness (QED) is 0.604. The van der Waals surface area contributed by atoms with E-state index in [0.29, 0.717) is 17.1 Å². The zero-order valence-corrected chi connectivity index (χ0v) is 13.4. The number of nitrogens with zero attached hydrogens (tertiary/aromatic N) is 2. The lowest BCUT2D eigenvalue weighted by Gasteiger charge is -2.11. The van der Waals surface area contributed by atoms with Gasteiger partial charge in [0.15, 0.2) is 12.4 Å². The second kappa shape index (κ2) is 6.93. The number of Topliss-reactive ketones (excluding diaryl/α,β-unsaturated/α-hetero) is 1. The highest BCUT2D eigenvalue weighted by Crippen LogP contribution is 2.24. The number of pyridine rings is 1. The summed E-state index contributed by atoms with van der Waals surface area (Å²) < 4.78 is 12.3. The first kappa shape index (κ1) is 15.8. The minimum absolute atomic E-state index is 0.0119. The van der Waals surface area contributed by atoms with Crippen LogP contribution in [0.3, 0.4) is 0 Å². The van der Waals surface area contributed by atoms with Gasteiger partial charge in [0.2, 0.25) is 12.3 Å². The first-order chi connectivity index (χ1) is 10.5. The summed E-state index contributed by atoms with van der Waals surface area (Å²) >= 11 is 0. The number of methoxy groups -OCH3 is 2. The van der Waals surface area contributed by atoms with Gasteiger partial charge in [0.05, 0.1) is 19.8 Å². The van der Waals surface area contributed by atoms with E-state index in [4.69, 9.17) is 9.47 Å². The Balaban J connectivity index is 2.18. The average molecular weight is 301 g/mol. The lowest BCUT2D eigenvalue weighted by molar-refractivity contribution is -0.683. The molecule has 5 nitrogen and oxygen atoms in total. The van der Waals surface area contributed by atoms with Gasteiger partial charge in [0.25, 0.3) is 0 Å². The molecule has 0 aliphatic heterocycles. The predicted molar refractivity (Wildman–Crippen MR) is 84.8 cm³/mol. The van der Waals surface area contributed by atoms with Gasteiger partial charge in [-0.1, -0.05) is 0 Å². The van der Waals surface area contributed by atoms with Crippen molar-refractivity contribution in [2.24, 2.45) is 0 Å². The monoisotopic (exact) mass is 301 g/mol. The number of anilines is 1. The third-order valence-corrected chi connectivity index (χ3v) is 3.43. The molecule has 0 saturated carbocycles. The number of carbonyl (C=O) groups excluding carboxylic acids is 1. The van der Waals surface area contributed by atoms with Crippen LogP contribution in [-0.2, 0) is 6.54 Å². The Kier molecular flexibility index (Phi) is 4.99. The fourth-order valence-electron chi connectivity index (χ4n) is 2.13. The number of hydrogen-bond acceptors (Lipinski definition) is 4. The molecule has 0 radical (unpaired) electrons. The SMILES string of the molecule is COc1ccc(C(=O)C[n+]2ccc(N(C)C)cc2)c(OC)c1. The molecule has 0 unspecified atom stereocenters. The van der Waals surface area contributed by atoms with E-state index in [9.17, 15) is 4.79 Å². The summed E-state index contributed by atoms with van der Waals surface area (Å²) in [7, 11) is 7.09. The number of rotatable bonds is 6. The Bertz CT molecular complexity index is 651. The summed E-state index contributed by atoms with van der Waals surface area (Å²) in [4.78, 5) is 14.5. The molecule has 0 N–H and O–H groups in total. The highest BCUT2D eigenvalue weighted by atomic mass is 16.5. The Morgan fingerprint density at radius 3 is 2.32 bits per heavy atom. The van der Waals surface area contributed by atoms with E-state index in [1.165, 1.54) is 0 Å². The number of carbonyl (C=O) groups is 1. The molecule has 0 aliphatic carbocycles. The van der Waals surface area contributed by atoms with Gasteiger partial charge in [-0.25, -0.2) is 0 Å². The highest BCUT2D eigenvalue weighted by molar-refractivity contribution is 5.97. The Hall–Kier alpha value is -2.56. The van der Waals surface area contributed by atoms with Crippen LogP contribution in [0.1, 0.15) is 10.4 Å². The van der Waals surface area contributed by atoms with Gasteiger partial charge in [-0.2, -0.15) is 4.57 Å². The summed E-state index contributed by atoms with van der Waals surface area (Å²) in [6, 6.07) is 9.15. The van der Waals surface area contributed by atoms with Crippen LogP contribution in [-0.4, -0.2) is 34.1 Å². The molecule has 0 spiro atoms. The van der Waals surface area contributed by atoms with Crippen LogP contribution < -0.4 is 18.9 Å². The molecule has 2 aromatic rings. The predicted octanol–water partition coefficient (Wildman–Crippen LogP) is 1.94. The molecule has 1 heterocycles. The van der Waals surface area contributed by atoms with Gasteiger partial charge in [-0.15, -0.1) is 0 Å². The average Bonchev–Trinajstić information content (AvgIpc) is 2.54. The largest absolute Gasteiger partial charge is 0.497 e. The molecular weight excluding hydrogens is 280 g/mol. The van der Waals surface area contributed by atoms with E-state index in [1.54, 1.807) is 32.4 Å². The van der Waals surface area contributed by atoms with Gasteiger partial charge in [0.1, 0.15) is 11.5 Å². The molecule has 0 fully saturated rings. The zero-order valence-electron chi connectivity index (χ0n) is 13.4. The standard InChI is InChI=1S/C17H21N2O3/c1-18(2)13-7-9-19(10-8-13)12-16(20)15-6-5-14(21-3)11-17(15)22-4/h5-11H,12H2,1-4H3/q+1. The first-order valence-electron chi connectivity index (χ1n) is 6.97. The van der Waals surface area contributed by atoms with Crippen molar-refractivity contribution < 1.29 is 18.8 Å². The van der Waals surface area contributed by atoms with Gasteiger partial charge in [-0.3, -0.25) is 4.79 Å². The van der Waals surface area contributed by atoms with E-state index in [1.807, 2.05) is 48.1 Å². The fourth-order valence-corrected chi connectivity index (χ4v) is 2.13. The molecule has 0 amide bonds. The second-order valence-corrected chi connectivity index (χ2v) is 5.11. The van der Waals surface area contributed by atoms with Crippen molar-refractivity contribution in [2.45, 2.75) is 6.54 Å². The van der Waals surface area contributed by atoms with E-state index >= 15 is 0 Å². The number of hydrogen-bond donors (Lipinski definition) is 0. The Morgan fingerprint density at radius 1 is 1.09 bits per heavy atom. The molecule has 5 heteroatoms. The molecule has 0 atom stereocenters. The molecule has 1 aromatic heterocycles. The molecular formula is C17H21N2O3+. The second-order valence-electron chi connectivity index (χ2n) is 5.11. The van der Waals surface area contributed by atoms with Crippen molar-refractivity contribution in [1.29, 1.82) is 0 Å². The van der Waals surface area contributed by atoms with Gasteiger partial charge in [0, 0.05) is 38.0 Å². The number of ether oxygens (including phenoxy) is 2. The highest BCUT2D eigenvalue weighted by Gasteiger charge is 2.17. The van der Waals surface area contributed by atoms with E-state index < -0.39 is 0 Å². The minimum Gasteiger partial charge on any atom is -0.497 e.